The van der Waals surface area contributed by atoms with Gasteiger partial charge in [0.1, 0.15) is 46.0 Å². The van der Waals surface area contributed by atoms with E-state index in [1.807, 2.05) is 0 Å². The second kappa shape index (κ2) is 19.0. The molecule has 4 nitrogen and oxygen atoms in total. The van der Waals surface area contributed by atoms with E-state index in [0.717, 1.165) is 112 Å². The highest BCUT2D eigenvalue weighted by Gasteiger charge is 2.44. The summed E-state index contributed by atoms with van der Waals surface area (Å²) in [6, 6.07) is 106. The van der Waals surface area contributed by atoms with Gasteiger partial charge in [-0.3, -0.25) is 0 Å². The molecule has 6 heteroatoms. The van der Waals surface area contributed by atoms with Gasteiger partial charge in [0.15, 0.2) is 0 Å². The minimum atomic E-state index is -0.161. The fourth-order valence-corrected chi connectivity index (χ4v) is 15.8. The Balaban J connectivity index is 0.739. The zero-order valence-electron chi connectivity index (χ0n) is 48.5. The van der Waals surface area contributed by atoms with Crippen molar-refractivity contribution < 1.29 is 18.9 Å². The van der Waals surface area contributed by atoms with Crippen LogP contribution < -0.4 is 51.7 Å². The maximum atomic E-state index is 7.53. The van der Waals surface area contributed by atoms with Gasteiger partial charge >= 0.3 is 0 Å². The quantitative estimate of drug-likeness (QED) is 0.165. The molecule has 0 atom stereocenters. The van der Waals surface area contributed by atoms with Crippen molar-refractivity contribution in [2.24, 2.45) is 0 Å². The zero-order chi connectivity index (χ0) is 58.7. The predicted octanol–water partition coefficient (Wildman–Crippen LogP) is 18.1. The maximum absolute atomic E-state index is 7.53. The summed E-state index contributed by atoms with van der Waals surface area (Å²) in [5, 5.41) is 0. The first-order valence-electron chi connectivity index (χ1n) is 31.0. The van der Waals surface area contributed by atoms with Gasteiger partial charge in [0.05, 0.1) is 0 Å². The topological polar surface area (TPSA) is 36.9 Å². The molecule has 0 fully saturated rings. The molecule has 4 heterocycles. The zero-order valence-corrected chi connectivity index (χ0v) is 48.5. The van der Waals surface area contributed by atoms with E-state index in [2.05, 4.69) is 291 Å². The first kappa shape index (κ1) is 49.5. The average Bonchev–Trinajstić information content (AvgIpc) is 0.777. The molecule has 14 aromatic rings. The van der Waals surface area contributed by atoms with Crippen LogP contribution in [0.3, 0.4) is 0 Å². The van der Waals surface area contributed by atoms with Gasteiger partial charge < -0.3 is 18.9 Å². The van der Waals surface area contributed by atoms with Gasteiger partial charge in [0.2, 0.25) is 0 Å². The van der Waals surface area contributed by atoms with Crippen molar-refractivity contribution in [2.45, 2.75) is 0 Å². The molecule has 14 aromatic carbocycles. The summed E-state index contributed by atoms with van der Waals surface area (Å²) >= 11 is 0. The van der Waals surface area contributed by atoms with Crippen molar-refractivity contribution in [1.29, 1.82) is 0 Å². The van der Waals surface area contributed by atoms with Crippen LogP contribution in [0.4, 0.5) is 0 Å². The van der Waals surface area contributed by atoms with Gasteiger partial charge in [-0.1, -0.05) is 243 Å². The Morgan fingerprint density at radius 3 is 0.756 bits per heavy atom. The molecular formula is C84H48B2O4. The third kappa shape index (κ3) is 7.16. The standard InChI is InChI=1S/C84H48B2O4/c1-3-21-55-53(19-1)57-23-5-7-27-61(57)65-41-39-49(43-69(65)63-29-11-9-25-59(55)63)51-45-77-81-79(47-51)89-83-67(31-17-35-73(83)85(81)71-33-13-15-37-75(71)87-77)68-32-18-36-74-84(68)90-80-48-52(46-78-82(80)86(74)72-34-14-16-38-76(72)88-78)50-40-42-66-62-28-8-6-24-58(62)54-20-2-4-22-56(54)60-26-10-12-30-64(60)70(66)44-50/h1-48H. The van der Waals surface area contributed by atoms with Gasteiger partial charge in [-0.25, -0.2) is 0 Å². The highest BCUT2D eigenvalue weighted by Crippen LogP contribution is 2.53. The summed E-state index contributed by atoms with van der Waals surface area (Å²) in [5.74, 6) is 6.39. The summed E-state index contributed by atoms with van der Waals surface area (Å²) in [4.78, 5) is 0. The second-order valence-electron chi connectivity index (χ2n) is 24.4. The normalized spacial score (nSPS) is 13.0. The third-order valence-electron chi connectivity index (χ3n) is 19.7. The first-order chi connectivity index (χ1) is 44.6. The molecule has 0 saturated carbocycles. The Morgan fingerprint density at radius 2 is 0.422 bits per heavy atom. The molecule has 0 spiro atoms. The monoisotopic (exact) mass is 1140 g/mol. The van der Waals surface area contributed by atoms with E-state index in [0.29, 0.717) is 0 Å². The Labute approximate surface area is 521 Å². The van der Waals surface area contributed by atoms with E-state index in [9.17, 15) is 0 Å². The summed E-state index contributed by atoms with van der Waals surface area (Å²) in [6.45, 7) is -0.322. The van der Waals surface area contributed by atoms with Crippen LogP contribution in [-0.4, -0.2) is 13.4 Å². The SMILES string of the molecule is c1ccc2c(c1)Oc1cc(-c3ccc4c(c3)-c3ccccc3-c3ccccc3-c3ccccc3-4)cc3c1B2c1cccc(-c2cccc4c2Oc2cc(-c5ccc6c(c5)-c5ccccc5-c5ccccc5-c5ccccc5-6)cc5c2B4c2ccccc2O5)c1O3. The minimum Gasteiger partial charge on any atom is -0.458 e. The summed E-state index contributed by atoms with van der Waals surface area (Å²) in [5.41, 5.74) is 31.7. The second-order valence-corrected chi connectivity index (χ2v) is 24.4. The van der Waals surface area contributed by atoms with E-state index in [1.54, 1.807) is 0 Å². The van der Waals surface area contributed by atoms with E-state index in [-0.39, 0.29) is 13.4 Å². The van der Waals surface area contributed by atoms with Gasteiger partial charge in [-0.05, 0) is 182 Å². The number of ether oxygens (including phenoxy) is 4. The van der Waals surface area contributed by atoms with E-state index in [1.165, 1.54) is 89.0 Å². The molecule has 2 aliphatic carbocycles. The molecule has 414 valence electrons. The number of benzene rings is 14. The molecule has 90 heavy (non-hydrogen) atoms. The largest absolute Gasteiger partial charge is 0.458 e. The number of hydrogen-bond donors (Lipinski definition) is 0. The lowest BCUT2D eigenvalue weighted by Crippen LogP contribution is -2.57. The first-order valence-corrected chi connectivity index (χ1v) is 31.0. The molecule has 0 aromatic heterocycles. The number of rotatable bonds is 3. The van der Waals surface area contributed by atoms with Gasteiger partial charge in [0.25, 0.3) is 13.4 Å². The van der Waals surface area contributed by atoms with Gasteiger partial charge in [0, 0.05) is 22.1 Å². The van der Waals surface area contributed by atoms with Crippen LogP contribution in [0.15, 0.2) is 291 Å². The number of para-hydroxylation sites is 4. The van der Waals surface area contributed by atoms with Crippen LogP contribution in [0.25, 0.3) is 122 Å². The molecule has 0 radical (unpaired) electrons. The van der Waals surface area contributed by atoms with Gasteiger partial charge in [-0.15, -0.1) is 0 Å². The van der Waals surface area contributed by atoms with E-state index in [4.69, 9.17) is 18.9 Å². The highest BCUT2D eigenvalue weighted by atomic mass is 16.5. The van der Waals surface area contributed by atoms with Crippen molar-refractivity contribution in [3.8, 4) is 168 Å². The molecule has 0 saturated heterocycles. The lowest BCUT2D eigenvalue weighted by Gasteiger charge is -2.35. The maximum Gasteiger partial charge on any atom is 0.260 e. The van der Waals surface area contributed by atoms with Crippen LogP contribution in [0, 0.1) is 0 Å². The predicted molar refractivity (Wildman–Crippen MR) is 369 cm³/mol. The average molecular weight is 1140 g/mol. The summed E-state index contributed by atoms with van der Waals surface area (Å²) < 4.78 is 29.0. The smallest absolute Gasteiger partial charge is 0.260 e. The van der Waals surface area contributed by atoms with Crippen molar-refractivity contribution in [2.75, 3.05) is 0 Å². The molecule has 0 bridgehead atoms. The molecule has 0 N–H and O–H groups in total. The van der Waals surface area contributed by atoms with Crippen molar-refractivity contribution in [3.63, 3.8) is 0 Å². The van der Waals surface area contributed by atoms with E-state index >= 15 is 0 Å². The Bertz CT molecular complexity index is 5140. The minimum absolute atomic E-state index is 0.161. The Hall–Kier alpha value is -11.6. The highest BCUT2D eigenvalue weighted by molar-refractivity contribution is 6.99. The summed E-state index contributed by atoms with van der Waals surface area (Å²) in [6.07, 6.45) is 0. The third-order valence-corrected chi connectivity index (χ3v) is 19.7. The molecule has 0 unspecified atom stereocenters. The lowest BCUT2D eigenvalue weighted by molar-refractivity contribution is 0.462. The lowest BCUT2D eigenvalue weighted by atomic mass is 9.34. The van der Waals surface area contributed by atoms with Crippen molar-refractivity contribution >= 4 is 46.2 Å². The molecule has 6 aliphatic rings. The van der Waals surface area contributed by atoms with Gasteiger partial charge in [-0.2, -0.15) is 0 Å². The van der Waals surface area contributed by atoms with Crippen LogP contribution in [-0.2, 0) is 0 Å². The molecule has 0 amide bonds. The Morgan fingerprint density at radius 1 is 0.167 bits per heavy atom. The van der Waals surface area contributed by atoms with E-state index < -0.39 is 0 Å². The van der Waals surface area contributed by atoms with Crippen LogP contribution in [0.1, 0.15) is 0 Å². The van der Waals surface area contributed by atoms with Crippen LogP contribution in [0.2, 0.25) is 0 Å². The Kier molecular flexibility index (Phi) is 10.4. The number of hydrogen-bond acceptors (Lipinski definition) is 4. The van der Waals surface area contributed by atoms with Crippen molar-refractivity contribution in [3.05, 3.63) is 291 Å². The number of fused-ring (bicyclic) bond motifs is 24. The summed E-state index contributed by atoms with van der Waals surface area (Å²) in [7, 11) is 0. The molecular weight excluding hydrogens is 1090 g/mol. The molecule has 20 rings (SSSR count). The fraction of sp³-hybridized carbons (Fsp3) is 0. The molecule has 4 aliphatic heterocycles. The fourth-order valence-electron chi connectivity index (χ4n) is 15.8. The van der Waals surface area contributed by atoms with Crippen LogP contribution in [0.5, 0.6) is 46.0 Å². The van der Waals surface area contributed by atoms with Crippen molar-refractivity contribution in [1.82, 2.24) is 0 Å². The van der Waals surface area contributed by atoms with Crippen LogP contribution >= 0.6 is 0 Å².